The molecule has 1 saturated heterocycles. The number of carboxylic acids is 1. The largest absolute Gasteiger partial charge is 0.497 e. The Labute approximate surface area is 215 Å². The van der Waals surface area contributed by atoms with Gasteiger partial charge in [0.05, 0.1) is 12.6 Å². The number of nitrogens with zero attached hydrogens (tertiary/aromatic N) is 2. The van der Waals surface area contributed by atoms with Crippen LogP contribution in [0.4, 0.5) is 0 Å². The molecular weight excluding hydrogens is 448 g/mol. The lowest BCUT2D eigenvalue weighted by atomic mass is 9.79. The fourth-order valence-corrected chi connectivity index (χ4v) is 5.82. The van der Waals surface area contributed by atoms with Crippen molar-refractivity contribution in [2.24, 2.45) is 11.8 Å². The van der Waals surface area contributed by atoms with Crippen LogP contribution in [-0.2, 0) is 17.6 Å². The molecule has 1 aromatic heterocycles. The van der Waals surface area contributed by atoms with Crippen LogP contribution in [0, 0.1) is 18.8 Å². The number of aryl methyl sites for hydroxylation is 3. The Morgan fingerprint density at radius 3 is 2.69 bits per heavy atom. The number of piperidine rings is 1. The molecule has 0 saturated carbocycles. The third-order valence-electron chi connectivity index (χ3n) is 7.90. The lowest BCUT2D eigenvalue weighted by Gasteiger charge is -2.38. The number of rotatable bonds is 12. The first-order chi connectivity index (χ1) is 17.5. The standard InChI is InChI=1S/C31H40N2O3/c1-23-8-3-4-9-24(23)10-5-6-18-33-19-16-25(27(22-33)20-31(34)35)11-7-12-26-15-17-32-30-14-13-28(36-2)21-29(26)30/h3-4,8-9,13-15,17,21,25,27H,5-7,10-12,16,18-20,22H2,1-2H3,(H,34,35)/t25-,27+/m1/s1. The van der Waals surface area contributed by atoms with Crippen molar-refractivity contribution in [1.29, 1.82) is 0 Å². The van der Waals surface area contributed by atoms with E-state index in [-0.39, 0.29) is 12.3 Å². The van der Waals surface area contributed by atoms with Gasteiger partial charge in [0.25, 0.3) is 0 Å². The summed E-state index contributed by atoms with van der Waals surface area (Å²) >= 11 is 0. The molecule has 0 amide bonds. The third kappa shape index (κ3) is 7.07. The minimum Gasteiger partial charge on any atom is -0.497 e. The van der Waals surface area contributed by atoms with Crippen LogP contribution in [0.25, 0.3) is 10.9 Å². The average molecular weight is 489 g/mol. The summed E-state index contributed by atoms with van der Waals surface area (Å²) in [6, 6.07) is 16.8. The van der Waals surface area contributed by atoms with Crippen LogP contribution < -0.4 is 4.74 Å². The average Bonchev–Trinajstić information content (AvgIpc) is 2.88. The molecule has 0 aliphatic carbocycles. The predicted molar refractivity (Wildman–Crippen MR) is 146 cm³/mol. The van der Waals surface area contributed by atoms with E-state index in [4.69, 9.17) is 4.74 Å². The highest BCUT2D eigenvalue weighted by Crippen LogP contribution is 2.32. The van der Waals surface area contributed by atoms with Crippen molar-refractivity contribution < 1.29 is 14.6 Å². The molecule has 2 heterocycles. The van der Waals surface area contributed by atoms with E-state index < -0.39 is 5.97 Å². The molecule has 1 aliphatic rings. The molecule has 4 rings (SSSR count). The van der Waals surface area contributed by atoms with E-state index in [9.17, 15) is 9.90 Å². The van der Waals surface area contributed by atoms with Gasteiger partial charge in [0.1, 0.15) is 5.75 Å². The zero-order chi connectivity index (χ0) is 25.3. The van der Waals surface area contributed by atoms with E-state index in [0.29, 0.717) is 5.92 Å². The van der Waals surface area contributed by atoms with Crippen molar-refractivity contribution in [2.75, 3.05) is 26.7 Å². The molecule has 1 fully saturated rings. The summed E-state index contributed by atoms with van der Waals surface area (Å²) in [7, 11) is 1.69. The minimum atomic E-state index is -0.668. The summed E-state index contributed by atoms with van der Waals surface area (Å²) < 4.78 is 5.41. The summed E-state index contributed by atoms with van der Waals surface area (Å²) in [5, 5.41) is 10.7. The number of unbranched alkanes of at least 4 members (excludes halogenated alkanes) is 1. The molecule has 0 radical (unpaired) electrons. The zero-order valence-electron chi connectivity index (χ0n) is 21.8. The van der Waals surface area contributed by atoms with Gasteiger partial charge in [-0.1, -0.05) is 24.3 Å². The number of methoxy groups -OCH3 is 1. The van der Waals surface area contributed by atoms with Crippen molar-refractivity contribution in [3.05, 3.63) is 71.4 Å². The number of carboxylic acid groups (broad SMARTS) is 1. The van der Waals surface area contributed by atoms with Gasteiger partial charge in [-0.15, -0.1) is 0 Å². The second kappa shape index (κ2) is 12.9. The molecule has 2 atom stereocenters. The van der Waals surface area contributed by atoms with Crippen LogP contribution >= 0.6 is 0 Å². The van der Waals surface area contributed by atoms with E-state index in [1.807, 2.05) is 18.3 Å². The normalized spacial score (nSPS) is 18.4. The molecule has 0 spiro atoms. The summed E-state index contributed by atoms with van der Waals surface area (Å²) in [6.45, 7) is 5.25. The van der Waals surface area contributed by atoms with Crippen molar-refractivity contribution >= 4 is 16.9 Å². The first-order valence-electron chi connectivity index (χ1n) is 13.4. The Bertz CT molecular complexity index is 1150. The number of likely N-dealkylation sites (tertiary alicyclic amines) is 1. The molecule has 2 aromatic carbocycles. The summed E-state index contributed by atoms with van der Waals surface area (Å²) in [5.41, 5.74) is 5.10. The lowest BCUT2D eigenvalue weighted by molar-refractivity contribution is -0.139. The topological polar surface area (TPSA) is 62.7 Å². The number of benzene rings is 2. The highest BCUT2D eigenvalue weighted by atomic mass is 16.5. The number of carbonyl (C=O) groups is 1. The van der Waals surface area contributed by atoms with Gasteiger partial charge >= 0.3 is 5.97 Å². The monoisotopic (exact) mass is 488 g/mol. The molecule has 5 heteroatoms. The summed E-state index contributed by atoms with van der Waals surface area (Å²) in [5.74, 6) is 0.900. The maximum absolute atomic E-state index is 11.6. The molecule has 5 nitrogen and oxygen atoms in total. The molecule has 0 bridgehead atoms. The number of fused-ring (bicyclic) bond motifs is 1. The zero-order valence-corrected chi connectivity index (χ0v) is 21.8. The van der Waals surface area contributed by atoms with Gasteiger partial charge in [-0.05, 0) is 118 Å². The predicted octanol–water partition coefficient (Wildman–Crippen LogP) is 6.31. The maximum atomic E-state index is 11.6. The molecule has 0 unspecified atom stereocenters. The highest BCUT2D eigenvalue weighted by molar-refractivity contribution is 5.83. The fraction of sp³-hybridized carbons (Fsp3) is 0.484. The Morgan fingerprint density at radius 1 is 1.06 bits per heavy atom. The van der Waals surface area contributed by atoms with Crippen LogP contribution in [0.5, 0.6) is 5.75 Å². The van der Waals surface area contributed by atoms with Gasteiger partial charge < -0.3 is 14.7 Å². The number of hydrogen-bond donors (Lipinski definition) is 1. The number of aromatic nitrogens is 1. The van der Waals surface area contributed by atoms with E-state index in [0.717, 1.165) is 74.8 Å². The minimum absolute atomic E-state index is 0.238. The van der Waals surface area contributed by atoms with Gasteiger partial charge in [-0.2, -0.15) is 0 Å². The fourth-order valence-electron chi connectivity index (χ4n) is 5.82. The van der Waals surface area contributed by atoms with Crippen molar-refractivity contribution in [3.8, 4) is 5.75 Å². The number of ether oxygens (including phenoxy) is 1. The molecule has 36 heavy (non-hydrogen) atoms. The van der Waals surface area contributed by atoms with Crippen molar-refractivity contribution in [1.82, 2.24) is 9.88 Å². The van der Waals surface area contributed by atoms with Crippen LogP contribution in [0.3, 0.4) is 0 Å². The lowest BCUT2D eigenvalue weighted by Crippen LogP contribution is -2.41. The van der Waals surface area contributed by atoms with E-state index >= 15 is 0 Å². The number of hydrogen-bond acceptors (Lipinski definition) is 4. The van der Waals surface area contributed by atoms with Gasteiger partial charge in [-0.25, -0.2) is 0 Å². The highest BCUT2D eigenvalue weighted by Gasteiger charge is 2.30. The summed E-state index contributed by atoms with van der Waals surface area (Å²) in [4.78, 5) is 18.6. The molecular formula is C31H40N2O3. The molecule has 3 aromatic rings. The number of pyridine rings is 1. The first kappa shape index (κ1) is 26.2. The SMILES string of the molecule is COc1ccc2nccc(CCC[C@@H]3CCN(CCCCc4ccccc4C)C[C@@H]3CC(=O)O)c2c1. The van der Waals surface area contributed by atoms with Gasteiger partial charge in [0.2, 0.25) is 0 Å². The molecule has 1 N–H and O–H groups in total. The molecule has 1 aliphatic heterocycles. The van der Waals surface area contributed by atoms with Gasteiger partial charge in [-0.3, -0.25) is 9.78 Å². The van der Waals surface area contributed by atoms with Gasteiger partial charge in [0, 0.05) is 24.5 Å². The van der Waals surface area contributed by atoms with E-state index in [1.54, 1.807) is 7.11 Å². The summed E-state index contributed by atoms with van der Waals surface area (Å²) in [6.07, 6.45) is 9.84. The van der Waals surface area contributed by atoms with Crippen LogP contribution in [0.15, 0.2) is 54.7 Å². The maximum Gasteiger partial charge on any atom is 0.303 e. The van der Waals surface area contributed by atoms with Crippen LogP contribution in [-0.4, -0.2) is 47.7 Å². The quantitative estimate of drug-likeness (QED) is 0.303. The Morgan fingerprint density at radius 2 is 1.89 bits per heavy atom. The second-order valence-corrected chi connectivity index (χ2v) is 10.3. The van der Waals surface area contributed by atoms with Crippen molar-refractivity contribution in [2.45, 2.75) is 58.3 Å². The Balaban J connectivity index is 1.27. The van der Waals surface area contributed by atoms with Gasteiger partial charge in [0.15, 0.2) is 0 Å². The Hall–Kier alpha value is -2.92. The number of aliphatic carboxylic acids is 1. The first-order valence-corrected chi connectivity index (χ1v) is 13.4. The van der Waals surface area contributed by atoms with Crippen molar-refractivity contribution in [3.63, 3.8) is 0 Å². The van der Waals surface area contributed by atoms with E-state index in [1.165, 1.54) is 23.1 Å². The second-order valence-electron chi connectivity index (χ2n) is 10.3. The van der Waals surface area contributed by atoms with Crippen LogP contribution in [0.1, 0.15) is 55.2 Å². The van der Waals surface area contributed by atoms with E-state index in [2.05, 4.69) is 53.2 Å². The van der Waals surface area contributed by atoms with Crippen LogP contribution in [0.2, 0.25) is 0 Å². The third-order valence-corrected chi connectivity index (χ3v) is 7.90. The smallest absolute Gasteiger partial charge is 0.303 e. The molecule has 192 valence electrons. The Kier molecular flexibility index (Phi) is 9.35.